The molecule has 6 rings (SSSR count). The van der Waals surface area contributed by atoms with Crippen LogP contribution in [-0.4, -0.2) is 19.5 Å². The zero-order valence-electron chi connectivity index (χ0n) is 21.8. The van der Waals surface area contributed by atoms with E-state index in [2.05, 4.69) is 0 Å². The minimum atomic E-state index is -4.22. The molecule has 0 aliphatic carbocycles. The van der Waals surface area contributed by atoms with Crippen LogP contribution in [0.5, 0.6) is 0 Å². The first-order chi connectivity index (χ1) is 19.9. The van der Waals surface area contributed by atoms with E-state index < -0.39 is 21.8 Å². The summed E-state index contributed by atoms with van der Waals surface area (Å²) < 4.78 is 35.4. The monoisotopic (exact) mass is 559 g/mol. The van der Waals surface area contributed by atoms with Crippen LogP contribution >= 0.6 is 0 Å². The Hall–Kier alpha value is -5.14. The lowest BCUT2D eigenvalue weighted by molar-refractivity contribution is 0.0666. The molecule has 0 aliphatic rings. The molecule has 7 heteroatoms. The van der Waals surface area contributed by atoms with Crippen molar-refractivity contribution in [2.45, 2.75) is 11.4 Å². The molecule has 1 aromatic heterocycles. The number of sulfonamides is 1. The highest BCUT2D eigenvalue weighted by atomic mass is 32.2. The van der Waals surface area contributed by atoms with Crippen molar-refractivity contribution in [3.63, 3.8) is 0 Å². The van der Waals surface area contributed by atoms with Crippen LogP contribution in [-0.2, 0) is 16.6 Å². The van der Waals surface area contributed by atoms with Crippen LogP contribution in [0.2, 0.25) is 0 Å². The van der Waals surface area contributed by atoms with E-state index in [1.165, 1.54) is 0 Å². The number of aromatic carboxylic acids is 1. The van der Waals surface area contributed by atoms with Gasteiger partial charge < -0.3 is 9.52 Å². The van der Waals surface area contributed by atoms with Gasteiger partial charge in [-0.1, -0.05) is 109 Å². The average molecular weight is 560 g/mol. The molecule has 0 fully saturated rings. The highest BCUT2D eigenvalue weighted by molar-refractivity contribution is 7.92. The molecule has 0 atom stereocenters. The number of carbonyl (C=O) groups is 1. The molecule has 0 unspecified atom stereocenters. The Labute approximate surface area is 237 Å². The smallest absolute Gasteiger partial charge is 0.374 e. The number of carboxylic acid groups (broad SMARTS) is 1. The normalized spacial score (nSPS) is 11.4. The van der Waals surface area contributed by atoms with Gasteiger partial charge in [-0.2, -0.15) is 0 Å². The van der Waals surface area contributed by atoms with Gasteiger partial charge in [-0.25, -0.2) is 13.2 Å². The predicted molar refractivity (Wildman–Crippen MR) is 160 cm³/mol. The summed E-state index contributed by atoms with van der Waals surface area (Å²) in [6.45, 7) is -0.0956. The number of fused-ring (bicyclic) bond motifs is 1. The average Bonchev–Trinajstić information content (AvgIpc) is 3.41. The zero-order valence-corrected chi connectivity index (χ0v) is 22.7. The van der Waals surface area contributed by atoms with E-state index in [-0.39, 0.29) is 17.1 Å². The van der Waals surface area contributed by atoms with Crippen molar-refractivity contribution in [1.29, 1.82) is 0 Å². The second-order valence-electron chi connectivity index (χ2n) is 9.55. The first-order valence-corrected chi connectivity index (χ1v) is 14.4. The van der Waals surface area contributed by atoms with Crippen molar-refractivity contribution in [2.75, 3.05) is 4.31 Å². The number of rotatable bonds is 8. The molecule has 0 amide bonds. The van der Waals surface area contributed by atoms with E-state index in [4.69, 9.17) is 4.42 Å². The standard InChI is InChI=1S/C34H25NO5S/c36-34(37)33-32(30-13-7-8-14-31(30)40-33)35(23-24-15-17-27(18-16-24)25-9-3-1-4-10-25)41(38,39)29-21-19-28(20-22-29)26-11-5-2-6-12-26/h1-22H,23H2,(H,36,37). The molecule has 0 radical (unpaired) electrons. The van der Waals surface area contributed by atoms with E-state index in [1.54, 1.807) is 48.5 Å². The fraction of sp³-hybridized carbons (Fsp3) is 0.0294. The fourth-order valence-electron chi connectivity index (χ4n) is 4.88. The third kappa shape index (κ3) is 5.11. The number of anilines is 1. The number of carboxylic acids is 1. The number of furan rings is 1. The molecule has 41 heavy (non-hydrogen) atoms. The molecular formula is C34H25NO5S. The second kappa shape index (κ2) is 10.8. The maximum Gasteiger partial charge on any atom is 0.374 e. The van der Waals surface area contributed by atoms with Crippen molar-refractivity contribution < 1.29 is 22.7 Å². The van der Waals surface area contributed by atoms with E-state index >= 15 is 0 Å². The van der Waals surface area contributed by atoms with Crippen LogP contribution < -0.4 is 4.31 Å². The molecule has 1 N–H and O–H groups in total. The van der Waals surface area contributed by atoms with Crippen LogP contribution in [0.25, 0.3) is 33.2 Å². The third-order valence-electron chi connectivity index (χ3n) is 6.95. The van der Waals surface area contributed by atoms with Gasteiger partial charge in [0.15, 0.2) is 0 Å². The lowest BCUT2D eigenvalue weighted by atomic mass is 10.0. The minimum Gasteiger partial charge on any atom is -0.475 e. The Bertz CT molecular complexity index is 1930. The molecule has 1 heterocycles. The molecule has 0 bridgehead atoms. The van der Waals surface area contributed by atoms with E-state index in [9.17, 15) is 18.3 Å². The van der Waals surface area contributed by atoms with Gasteiger partial charge in [0.2, 0.25) is 5.76 Å². The summed E-state index contributed by atoms with van der Waals surface area (Å²) in [5, 5.41) is 10.4. The van der Waals surface area contributed by atoms with Gasteiger partial charge in [0.25, 0.3) is 10.0 Å². The summed E-state index contributed by atoms with van der Waals surface area (Å²) in [5.74, 6) is -1.79. The first kappa shape index (κ1) is 26.1. The molecule has 202 valence electrons. The van der Waals surface area contributed by atoms with Gasteiger partial charge in [-0.05, 0) is 52.1 Å². The lowest BCUT2D eigenvalue weighted by Crippen LogP contribution is -2.31. The summed E-state index contributed by atoms with van der Waals surface area (Å²) in [6.07, 6.45) is 0. The number of hydrogen-bond donors (Lipinski definition) is 1. The highest BCUT2D eigenvalue weighted by Gasteiger charge is 2.33. The summed E-state index contributed by atoms with van der Waals surface area (Å²) in [5.41, 5.74) is 4.83. The van der Waals surface area contributed by atoms with Crippen LogP contribution in [0.1, 0.15) is 16.1 Å². The Morgan fingerprint density at radius 2 is 1.12 bits per heavy atom. The highest BCUT2D eigenvalue weighted by Crippen LogP contribution is 2.38. The van der Waals surface area contributed by atoms with Crippen molar-refractivity contribution in [3.8, 4) is 22.3 Å². The number of para-hydroxylation sites is 1. The van der Waals surface area contributed by atoms with Gasteiger partial charge in [0.1, 0.15) is 11.3 Å². The SMILES string of the molecule is O=C(O)c1oc2ccccc2c1N(Cc1ccc(-c2ccccc2)cc1)S(=O)(=O)c1ccc(-c2ccccc2)cc1. The second-order valence-corrected chi connectivity index (χ2v) is 11.4. The third-order valence-corrected chi connectivity index (χ3v) is 8.71. The molecule has 0 spiro atoms. The quantitative estimate of drug-likeness (QED) is 0.205. The summed E-state index contributed by atoms with van der Waals surface area (Å²) >= 11 is 0. The molecule has 0 saturated heterocycles. The van der Waals surface area contributed by atoms with E-state index in [0.717, 1.165) is 26.6 Å². The summed E-state index contributed by atoms with van der Waals surface area (Å²) in [4.78, 5) is 12.3. The maximum absolute atomic E-state index is 14.3. The van der Waals surface area contributed by atoms with Gasteiger partial charge in [-0.3, -0.25) is 4.31 Å². The Balaban J connectivity index is 1.45. The Morgan fingerprint density at radius 1 is 0.634 bits per heavy atom. The molecule has 0 saturated carbocycles. The van der Waals surface area contributed by atoms with Gasteiger partial charge in [0, 0.05) is 5.39 Å². The molecular weight excluding hydrogens is 534 g/mol. The maximum atomic E-state index is 14.3. The van der Waals surface area contributed by atoms with Crippen molar-refractivity contribution >= 4 is 32.6 Å². The zero-order chi connectivity index (χ0) is 28.4. The van der Waals surface area contributed by atoms with Gasteiger partial charge in [-0.15, -0.1) is 0 Å². The summed E-state index contributed by atoms with van der Waals surface area (Å²) in [6, 6.07) is 40.4. The molecule has 5 aromatic carbocycles. The lowest BCUT2D eigenvalue weighted by Gasteiger charge is -2.24. The van der Waals surface area contributed by atoms with Crippen LogP contribution in [0.3, 0.4) is 0 Å². The predicted octanol–water partition coefficient (Wildman–Crippen LogP) is 7.86. The van der Waals surface area contributed by atoms with Gasteiger partial charge >= 0.3 is 5.97 Å². The van der Waals surface area contributed by atoms with Crippen molar-refractivity contribution in [2.24, 2.45) is 0 Å². The van der Waals surface area contributed by atoms with Gasteiger partial charge in [0.05, 0.1) is 11.4 Å². The van der Waals surface area contributed by atoms with E-state index in [1.807, 2.05) is 84.9 Å². The molecule has 6 aromatic rings. The summed E-state index contributed by atoms with van der Waals surface area (Å²) in [7, 11) is -4.22. The van der Waals surface area contributed by atoms with Crippen molar-refractivity contribution in [1.82, 2.24) is 0 Å². The van der Waals surface area contributed by atoms with Crippen LogP contribution in [0.15, 0.2) is 143 Å². The van der Waals surface area contributed by atoms with Crippen LogP contribution in [0, 0.1) is 0 Å². The number of benzene rings is 5. The Morgan fingerprint density at radius 3 is 1.68 bits per heavy atom. The first-order valence-electron chi connectivity index (χ1n) is 13.0. The van der Waals surface area contributed by atoms with Crippen LogP contribution in [0.4, 0.5) is 5.69 Å². The molecule has 0 aliphatic heterocycles. The molecule has 6 nitrogen and oxygen atoms in total. The fourth-order valence-corrected chi connectivity index (χ4v) is 6.36. The topological polar surface area (TPSA) is 87.8 Å². The Kier molecular flexibility index (Phi) is 6.87. The number of nitrogens with zero attached hydrogens (tertiary/aromatic N) is 1. The van der Waals surface area contributed by atoms with Crippen molar-refractivity contribution in [3.05, 3.63) is 145 Å². The number of hydrogen-bond acceptors (Lipinski definition) is 4. The minimum absolute atomic E-state index is 0.00706. The largest absolute Gasteiger partial charge is 0.475 e. The van der Waals surface area contributed by atoms with E-state index in [0.29, 0.717) is 16.5 Å².